The van der Waals surface area contributed by atoms with Gasteiger partial charge in [0.05, 0.1) is 31.1 Å². The van der Waals surface area contributed by atoms with Gasteiger partial charge in [-0.25, -0.2) is 0 Å². The van der Waals surface area contributed by atoms with Crippen LogP contribution in [0.25, 0.3) is 10.8 Å². The first kappa shape index (κ1) is 17.7. The standard InChI is InChI=1S/C22H18N2O4/c1-3-28-19-12-14(10-11-18(19)27-2)13-23-24-21(25)16-8-4-6-15-7-5-9-17(20(15)16)22(24)26/h4-13H,3H2,1-2H3/b23-13-. The van der Waals surface area contributed by atoms with E-state index in [9.17, 15) is 9.59 Å². The van der Waals surface area contributed by atoms with Gasteiger partial charge in [0.1, 0.15) is 0 Å². The van der Waals surface area contributed by atoms with E-state index in [0.29, 0.717) is 40.2 Å². The van der Waals surface area contributed by atoms with Gasteiger partial charge in [0, 0.05) is 5.39 Å². The minimum atomic E-state index is -0.441. The van der Waals surface area contributed by atoms with Gasteiger partial charge in [-0.05, 0) is 48.2 Å². The molecule has 0 N–H and O–H groups in total. The van der Waals surface area contributed by atoms with Gasteiger partial charge in [0.15, 0.2) is 11.5 Å². The first-order valence-electron chi connectivity index (χ1n) is 8.89. The Bertz CT molecular complexity index is 1070. The third kappa shape index (κ3) is 2.89. The Hall–Kier alpha value is -3.67. The van der Waals surface area contributed by atoms with Crippen LogP contribution < -0.4 is 9.47 Å². The van der Waals surface area contributed by atoms with Gasteiger partial charge >= 0.3 is 0 Å². The first-order valence-corrected chi connectivity index (χ1v) is 8.89. The van der Waals surface area contributed by atoms with E-state index in [-0.39, 0.29) is 0 Å². The molecular formula is C22H18N2O4. The molecule has 0 saturated heterocycles. The average Bonchev–Trinajstić information content (AvgIpc) is 2.72. The fraction of sp³-hybridized carbons (Fsp3) is 0.136. The Morgan fingerprint density at radius 1 is 0.964 bits per heavy atom. The molecule has 1 heterocycles. The van der Waals surface area contributed by atoms with Crippen LogP contribution in [0.5, 0.6) is 11.5 Å². The quantitative estimate of drug-likeness (QED) is 0.502. The second kappa shape index (κ2) is 7.15. The summed E-state index contributed by atoms with van der Waals surface area (Å²) >= 11 is 0. The number of ether oxygens (including phenoxy) is 2. The van der Waals surface area contributed by atoms with Gasteiger partial charge < -0.3 is 9.47 Å². The molecule has 0 aromatic heterocycles. The number of hydrogen-bond acceptors (Lipinski definition) is 5. The molecule has 0 spiro atoms. The summed E-state index contributed by atoms with van der Waals surface area (Å²) in [4.78, 5) is 25.7. The Kier molecular flexibility index (Phi) is 4.53. The molecule has 4 rings (SSSR count). The van der Waals surface area contributed by atoms with Crippen molar-refractivity contribution in [3.05, 3.63) is 71.3 Å². The molecule has 6 nitrogen and oxygen atoms in total. The van der Waals surface area contributed by atoms with Crippen molar-refractivity contribution in [2.45, 2.75) is 6.92 Å². The second-order valence-corrected chi connectivity index (χ2v) is 6.22. The predicted molar refractivity (Wildman–Crippen MR) is 106 cm³/mol. The van der Waals surface area contributed by atoms with Gasteiger partial charge in [-0.15, -0.1) is 0 Å². The molecule has 0 radical (unpaired) electrons. The monoisotopic (exact) mass is 374 g/mol. The maximum atomic E-state index is 12.9. The summed E-state index contributed by atoms with van der Waals surface area (Å²) < 4.78 is 10.8. The molecule has 3 aromatic carbocycles. The van der Waals surface area contributed by atoms with Crippen LogP contribution in [0.1, 0.15) is 33.2 Å². The molecule has 140 valence electrons. The summed E-state index contributed by atoms with van der Waals surface area (Å²) in [7, 11) is 1.56. The Morgan fingerprint density at radius 3 is 2.25 bits per heavy atom. The molecule has 28 heavy (non-hydrogen) atoms. The molecular weight excluding hydrogens is 356 g/mol. The van der Waals surface area contributed by atoms with Crippen molar-refractivity contribution in [2.24, 2.45) is 5.10 Å². The van der Waals surface area contributed by atoms with Gasteiger partial charge in [-0.2, -0.15) is 10.1 Å². The molecule has 0 atom stereocenters. The lowest BCUT2D eigenvalue weighted by Crippen LogP contribution is -2.36. The third-order valence-corrected chi connectivity index (χ3v) is 4.56. The Labute approximate surface area is 162 Å². The maximum Gasteiger partial charge on any atom is 0.282 e. The van der Waals surface area contributed by atoms with Crippen molar-refractivity contribution in [3.8, 4) is 11.5 Å². The number of nitrogens with zero attached hydrogens (tertiary/aromatic N) is 2. The zero-order valence-electron chi connectivity index (χ0n) is 15.5. The topological polar surface area (TPSA) is 68.2 Å². The maximum absolute atomic E-state index is 12.9. The van der Waals surface area contributed by atoms with Crippen molar-refractivity contribution in [1.82, 2.24) is 5.01 Å². The van der Waals surface area contributed by atoms with Crippen molar-refractivity contribution in [1.29, 1.82) is 0 Å². The molecule has 0 aliphatic carbocycles. The minimum absolute atomic E-state index is 0.441. The molecule has 0 fully saturated rings. The number of carbonyl (C=O) groups is 2. The molecule has 2 amide bonds. The van der Waals surface area contributed by atoms with E-state index in [1.54, 1.807) is 49.6 Å². The number of carbonyl (C=O) groups excluding carboxylic acids is 2. The Morgan fingerprint density at radius 2 is 1.64 bits per heavy atom. The first-order chi connectivity index (χ1) is 13.6. The largest absolute Gasteiger partial charge is 0.493 e. The fourth-order valence-corrected chi connectivity index (χ4v) is 3.29. The van der Waals surface area contributed by atoms with Crippen LogP contribution in [0.15, 0.2) is 59.7 Å². The normalized spacial score (nSPS) is 13.4. The summed E-state index contributed by atoms with van der Waals surface area (Å²) in [5, 5.41) is 6.61. The third-order valence-electron chi connectivity index (χ3n) is 4.56. The van der Waals surface area contributed by atoms with Crippen LogP contribution in [-0.4, -0.2) is 36.8 Å². The average molecular weight is 374 g/mol. The van der Waals surface area contributed by atoms with E-state index in [4.69, 9.17) is 9.47 Å². The highest BCUT2D eigenvalue weighted by Crippen LogP contribution is 2.30. The highest BCUT2D eigenvalue weighted by molar-refractivity contribution is 6.25. The summed E-state index contributed by atoms with van der Waals surface area (Å²) in [6, 6.07) is 16.1. The summed E-state index contributed by atoms with van der Waals surface area (Å²) in [5.41, 5.74) is 1.62. The molecule has 3 aromatic rings. The van der Waals surface area contributed by atoms with Crippen molar-refractivity contribution in [3.63, 3.8) is 0 Å². The SMILES string of the molecule is CCOc1cc(/C=N\N2C(=O)c3cccc4cccc(c34)C2=O)ccc1OC. The number of hydrazone groups is 1. The van der Waals surface area contributed by atoms with E-state index in [1.807, 2.05) is 19.1 Å². The van der Waals surface area contributed by atoms with Crippen LogP contribution in [-0.2, 0) is 0 Å². The van der Waals surface area contributed by atoms with E-state index >= 15 is 0 Å². The molecule has 0 bridgehead atoms. The highest BCUT2D eigenvalue weighted by atomic mass is 16.5. The fourth-order valence-electron chi connectivity index (χ4n) is 3.29. The molecule has 0 saturated carbocycles. The van der Waals surface area contributed by atoms with E-state index in [1.165, 1.54) is 6.21 Å². The zero-order valence-corrected chi connectivity index (χ0v) is 15.5. The van der Waals surface area contributed by atoms with Gasteiger partial charge in [0.25, 0.3) is 11.8 Å². The molecule has 0 unspecified atom stereocenters. The number of imide groups is 1. The lowest BCUT2D eigenvalue weighted by atomic mass is 9.95. The smallest absolute Gasteiger partial charge is 0.282 e. The molecule has 6 heteroatoms. The summed E-state index contributed by atoms with van der Waals surface area (Å²) in [6.45, 7) is 2.37. The van der Waals surface area contributed by atoms with Crippen LogP contribution in [0, 0.1) is 0 Å². The molecule has 1 aliphatic rings. The van der Waals surface area contributed by atoms with Crippen LogP contribution in [0.2, 0.25) is 0 Å². The predicted octanol–water partition coefficient (Wildman–Crippen LogP) is 3.88. The summed E-state index contributed by atoms with van der Waals surface area (Å²) in [5.74, 6) is 0.290. The van der Waals surface area contributed by atoms with E-state index < -0.39 is 11.8 Å². The van der Waals surface area contributed by atoms with Gasteiger partial charge in [-0.3, -0.25) is 9.59 Å². The highest BCUT2D eigenvalue weighted by Gasteiger charge is 2.32. The lowest BCUT2D eigenvalue weighted by molar-refractivity contribution is 0.0616. The lowest BCUT2D eigenvalue weighted by Gasteiger charge is -2.23. The van der Waals surface area contributed by atoms with Gasteiger partial charge in [0.2, 0.25) is 0 Å². The number of hydrogen-bond donors (Lipinski definition) is 0. The summed E-state index contributed by atoms with van der Waals surface area (Å²) in [6.07, 6.45) is 1.46. The van der Waals surface area contributed by atoms with E-state index in [2.05, 4.69) is 5.10 Å². The number of amides is 2. The number of benzene rings is 3. The zero-order chi connectivity index (χ0) is 19.7. The molecule has 1 aliphatic heterocycles. The number of methoxy groups -OCH3 is 1. The van der Waals surface area contributed by atoms with Crippen LogP contribution >= 0.6 is 0 Å². The number of rotatable bonds is 5. The Balaban J connectivity index is 1.70. The van der Waals surface area contributed by atoms with E-state index in [0.717, 1.165) is 10.4 Å². The van der Waals surface area contributed by atoms with Crippen LogP contribution in [0.4, 0.5) is 0 Å². The second-order valence-electron chi connectivity index (χ2n) is 6.22. The minimum Gasteiger partial charge on any atom is -0.493 e. The van der Waals surface area contributed by atoms with Crippen molar-refractivity contribution < 1.29 is 19.1 Å². The van der Waals surface area contributed by atoms with Crippen LogP contribution in [0.3, 0.4) is 0 Å². The van der Waals surface area contributed by atoms with Crippen molar-refractivity contribution >= 4 is 28.8 Å². The van der Waals surface area contributed by atoms with Crippen molar-refractivity contribution in [2.75, 3.05) is 13.7 Å². The van der Waals surface area contributed by atoms with Gasteiger partial charge in [-0.1, -0.05) is 24.3 Å².